The molecule has 0 aliphatic heterocycles. The van der Waals surface area contributed by atoms with Gasteiger partial charge in [-0.3, -0.25) is 4.18 Å². The zero-order valence-corrected chi connectivity index (χ0v) is 14.3. The van der Waals surface area contributed by atoms with Crippen molar-refractivity contribution in [3.05, 3.63) is 60.7 Å². The summed E-state index contributed by atoms with van der Waals surface area (Å²) in [6.45, 7) is 1.61. The molecule has 1 atom stereocenters. The molecule has 0 heterocycles. The third-order valence-electron chi connectivity index (χ3n) is 2.86. The Balaban J connectivity index is 0.00000242. The fraction of sp³-hybridized carbons (Fsp3) is 0.200. The standard InChI is InChI=1S/C15H17O4PS.Li/c1-13(19-21(16,17)18)12-20(14-8-4-2-5-9-14)15-10-6-3-7-11-15;/h2-11,13H,12H2,1H3,(H,16,17,18);/q;+1/p-1. The van der Waals surface area contributed by atoms with E-state index in [1.54, 1.807) is 6.92 Å². The zero-order chi connectivity index (χ0) is 15.3. The Bertz CT molecular complexity index is 625. The number of hydrogen-bond donors (Lipinski definition) is 0. The molecule has 22 heavy (non-hydrogen) atoms. The molecule has 4 nitrogen and oxygen atoms in total. The van der Waals surface area contributed by atoms with Crippen LogP contribution in [0.1, 0.15) is 6.92 Å². The molecule has 0 fully saturated rings. The van der Waals surface area contributed by atoms with Gasteiger partial charge in [0, 0.05) is 6.16 Å². The summed E-state index contributed by atoms with van der Waals surface area (Å²) in [5.74, 6) is 0. The van der Waals surface area contributed by atoms with Crippen LogP contribution < -0.4 is 29.5 Å². The van der Waals surface area contributed by atoms with Crippen LogP contribution in [-0.4, -0.2) is 25.2 Å². The van der Waals surface area contributed by atoms with E-state index in [-0.39, 0.29) is 18.9 Å². The van der Waals surface area contributed by atoms with Crippen molar-refractivity contribution in [2.75, 3.05) is 6.16 Å². The van der Waals surface area contributed by atoms with E-state index in [1.165, 1.54) is 0 Å². The van der Waals surface area contributed by atoms with Crippen LogP contribution in [0.2, 0.25) is 0 Å². The second-order valence-electron chi connectivity index (χ2n) is 4.60. The molecule has 0 aromatic heterocycles. The molecule has 0 aliphatic carbocycles. The van der Waals surface area contributed by atoms with Crippen LogP contribution in [0.5, 0.6) is 0 Å². The topological polar surface area (TPSA) is 66.4 Å². The van der Waals surface area contributed by atoms with Gasteiger partial charge in [0.1, 0.15) is 0 Å². The zero-order valence-electron chi connectivity index (χ0n) is 12.5. The molecule has 0 radical (unpaired) electrons. The maximum Gasteiger partial charge on any atom is 1.00 e. The molecule has 112 valence electrons. The van der Waals surface area contributed by atoms with Crippen LogP contribution in [0.3, 0.4) is 0 Å². The normalized spacial score (nSPS) is 12.7. The maximum atomic E-state index is 10.7. The van der Waals surface area contributed by atoms with Crippen molar-refractivity contribution in [1.82, 2.24) is 0 Å². The first-order chi connectivity index (χ1) is 9.96. The largest absolute Gasteiger partial charge is 1.00 e. The van der Waals surface area contributed by atoms with Crippen molar-refractivity contribution in [3.8, 4) is 0 Å². The van der Waals surface area contributed by atoms with Gasteiger partial charge in [-0.2, -0.15) is 0 Å². The van der Waals surface area contributed by atoms with Gasteiger partial charge in [-0.1, -0.05) is 60.7 Å². The molecule has 0 N–H and O–H groups in total. The van der Waals surface area contributed by atoms with Crippen molar-refractivity contribution in [2.45, 2.75) is 13.0 Å². The summed E-state index contributed by atoms with van der Waals surface area (Å²) in [5.41, 5.74) is 0. The Morgan fingerprint density at radius 2 is 1.41 bits per heavy atom. The average molecular weight is 330 g/mol. The summed E-state index contributed by atoms with van der Waals surface area (Å²) in [6.07, 6.45) is -0.177. The second-order valence-corrected chi connectivity index (χ2v) is 7.86. The van der Waals surface area contributed by atoms with E-state index < -0.39 is 24.4 Å². The minimum Gasteiger partial charge on any atom is -0.726 e. The van der Waals surface area contributed by atoms with Crippen LogP contribution >= 0.6 is 7.92 Å². The van der Waals surface area contributed by atoms with Crippen molar-refractivity contribution < 1.29 is 36.0 Å². The summed E-state index contributed by atoms with van der Waals surface area (Å²) < 4.78 is 36.7. The number of hydrogen-bond acceptors (Lipinski definition) is 4. The monoisotopic (exact) mass is 330 g/mol. The number of benzene rings is 2. The van der Waals surface area contributed by atoms with Gasteiger partial charge >= 0.3 is 18.9 Å². The molecule has 0 aliphatic rings. The van der Waals surface area contributed by atoms with E-state index >= 15 is 0 Å². The fourth-order valence-corrected chi connectivity index (χ4v) is 5.01. The van der Waals surface area contributed by atoms with Crippen LogP contribution in [0.4, 0.5) is 0 Å². The summed E-state index contributed by atoms with van der Waals surface area (Å²) in [4.78, 5) is 0. The summed E-state index contributed by atoms with van der Waals surface area (Å²) in [6, 6.07) is 19.7. The first-order valence-electron chi connectivity index (χ1n) is 6.47. The van der Waals surface area contributed by atoms with Crippen LogP contribution in [0.25, 0.3) is 0 Å². The van der Waals surface area contributed by atoms with Gasteiger partial charge in [0.15, 0.2) is 0 Å². The average Bonchev–Trinajstić information content (AvgIpc) is 2.45. The van der Waals surface area contributed by atoms with E-state index in [4.69, 9.17) is 0 Å². The second kappa shape index (κ2) is 8.84. The predicted octanol–water partition coefficient (Wildman–Crippen LogP) is -1.01. The Kier molecular flexibility index (Phi) is 7.79. The molecule has 2 rings (SSSR count). The molecule has 2 aromatic rings. The number of rotatable bonds is 6. The summed E-state index contributed by atoms with van der Waals surface area (Å²) in [7, 11) is -5.44. The van der Waals surface area contributed by atoms with Crippen molar-refractivity contribution in [1.29, 1.82) is 0 Å². The van der Waals surface area contributed by atoms with Gasteiger partial charge in [0.05, 0.1) is 6.10 Å². The molecule has 2 aromatic carbocycles. The smallest absolute Gasteiger partial charge is 0.726 e. The molecular formula is C15H16LiO4PS. The van der Waals surface area contributed by atoms with Crippen LogP contribution in [0.15, 0.2) is 60.7 Å². The van der Waals surface area contributed by atoms with Gasteiger partial charge in [-0.05, 0) is 25.5 Å². The molecule has 0 saturated heterocycles. The van der Waals surface area contributed by atoms with Crippen molar-refractivity contribution in [2.24, 2.45) is 0 Å². The van der Waals surface area contributed by atoms with Crippen LogP contribution in [-0.2, 0) is 14.6 Å². The van der Waals surface area contributed by atoms with Gasteiger partial charge in [0.25, 0.3) is 0 Å². The molecule has 7 heteroatoms. The van der Waals surface area contributed by atoms with Crippen LogP contribution in [0, 0.1) is 0 Å². The Morgan fingerprint density at radius 3 is 1.77 bits per heavy atom. The first-order valence-corrected chi connectivity index (χ1v) is 9.33. The summed E-state index contributed by atoms with van der Waals surface area (Å²) >= 11 is 0. The van der Waals surface area contributed by atoms with Gasteiger partial charge < -0.3 is 4.55 Å². The molecular weight excluding hydrogens is 314 g/mol. The minimum atomic E-state index is -4.67. The molecule has 0 amide bonds. The van der Waals surface area contributed by atoms with E-state index in [2.05, 4.69) is 4.18 Å². The minimum absolute atomic E-state index is 0. The third-order valence-corrected chi connectivity index (χ3v) is 6.14. The molecule has 1 unspecified atom stereocenters. The predicted molar refractivity (Wildman–Crippen MR) is 84.2 cm³/mol. The van der Waals surface area contributed by atoms with E-state index in [1.807, 2.05) is 60.7 Å². The van der Waals surface area contributed by atoms with E-state index in [0.717, 1.165) is 10.6 Å². The first kappa shape index (κ1) is 19.4. The van der Waals surface area contributed by atoms with Gasteiger partial charge in [-0.15, -0.1) is 0 Å². The Labute approximate surface area is 144 Å². The molecule has 0 bridgehead atoms. The van der Waals surface area contributed by atoms with E-state index in [0.29, 0.717) is 6.16 Å². The Hall–Kier alpha value is -0.663. The van der Waals surface area contributed by atoms with Crippen molar-refractivity contribution in [3.63, 3.8) is 0 Å². The Morgan fingerprint density at radius 1 is 1.00 bits per heavy atom. The maximum absolute atomic E-state index is 10.7. The molecule has 0 saturated carbocycles. The fourth-order valence-electron chi connectivity index (χ4n) is 2.06. The van der Waals surface area contributed by atoms with Gasteiger partial charge in [-0.25, -0.2) is 8.42 Å². The van der Waals surface area contributed by atoms with Crippen molar-refractivity contribution >= 4 is 28.9 Å². The van der Waals surface area contributed by atoms with E-state index in [9.17, 15) is 13.0 Å². The SMILES string of the molecule is CC(CP(c1ccccc1)c1ccccc1)OS(=O)(=O)[O-].[Li+]. The quantitative estimate of drug-likeness (QED) is 0.295. The van der Waals surface area contributed by atoms with Gasteiger partial charge in [0.2, 0.25) is 10.4 Å². The molecule has 0 spiro atoms. The summed E-state index contributed by atoms with van der Waals surface area (Å²) in [5, 5.41) is 2.25. The third kappa shape index (κ3) is 6.22.